The average Bonchev–Trinajstić information content (AvgIpc) is 2.96. The molecule has 2 unspecified atom stereocenters. The molecule has 3 heterocycles. The number of carbonyl (C=O) groups excluding carboxylic acids is 1. The van der Waals surface area contributed by atoms with Gasteiger partial charge in [0.15, 0.2) is 5.69 Å². The highest BCUT2D eigenvalue weighted by atomic mass is 16.5. The van der Waals surface area contributed by atoms with Crippen LogP contribution in [-0.4, -0.2) is 54.9 Å². The van der Waals surface area contributed by atoms with Gasteiger partial charge in [-0.2, -0.15) is 0 Å². The summed E-state index contributed by atoms with van der Waals surface area (Å²) in [5.74, 6) is 1.90. The van der Waals surface area contributed by atoms with Crippen molar-refractivity contribution >= 4 is 5.91 Å². The lowest BCUT2D eigenvalue weighted by Crippen LogP contribution is -2.38. The predicted octanol–water partition coefficient (Wildman–Crippen LogP) is 1.39. The van der Waals surface area contributed by atoms with Crippen LogP contribution in [0.2, 0.25) is 0 Å². The Kier molecular flexibility index (Phi) is 3.88. The molecule has 6 heteroatoms. The van der Waals surface area contributed by atoms with Crippen LogP contribution in [0.4, 0.5) is 0 Å². The number of ether oxygens (including phenoxy) is 1. The van der Waals surface area contributed by atoms with E-state index >= 15 is 0 Å². The Bertz CT molecular complexity index is 534. The topological polar surface area (TPSA) is 67.6 Å². The molecule has 22 heavy (non-hydrogen) atoms. The molecule has 6 nitrogen and oxygen atoms in total. The van der Waals surface area contributed by atoms with Crippen LogP contribution in [-0.2, 0) is 4.74 Å². The van der Waals surface area contributed by atoms with Crippen LogP contribution in [0.25, 0.3) is 0 Å². The maximum atomic E-state index is 12.2. The highest BCUT2D eigenvalue weighted by Crippen LogP contribution is 2.40. The molecule has 120 valence electrons. The second kappa shape index (κ2) is 6.01. The molecule has 4 rings (SSSR count). The van der Waals surface area contributed by atoms with E-state index in [1.54, 1.807) is 6.07 Å². The first-order chi connectivity index (χ1) is 10.8. The summed E-state index contributed by atoms with van der Waals surface area (Å²) in [4.78, 5) is 14.7. The van der Waals surface area contributed by atoms with E-state index in [2.05, 4.69) is 15.4 Å². The number of hydrogen-bond acceptors (Lipinski definition) is 5. The molecule has 0 aromatic carbocycles. The van der Waals surface area contributed by atoms with Crippen molar-refractivity contribution in [2.45, 2.75) is 37.6 Å². The van der Waals surface area contributed by atoms with Crippen molar-refractivity contribution in [1.82, 2.24) is 15.4 Å². The summed E-state index contributed by atoms with van der Waals surface area (Å²) in [6.45, 7) is 4.84. The molecular weight excluding hydrogens is 282 g/mol. The molecule has 0 radical (unpaired) electrons. The Balaban J connectivity index is 1.26. The molecule has 0 spiro atoms. The maximum Gasteiger partial charge on any atom is 0.273 e. The summed E-state index contributed by atoms with van der Waals surface area (Å²) >= 11 is 0. The van der Waals surface area contributed by atoms with Gasteiger partial charge in [-0.15, -0.1) is 0 Å². The molecule has 2 saturated heterocycles. The molecule has 1 aliphatic carbocycles. The Morgan fingerprint density at radius 1 is 1.36 bits per heavy atom. The standard InChI is InChI=1S/C16H23N3O3/c20-16(14-7-15(22-18-14)12-1-2-12)17-13-3-5-19(9-13)8-11-4-6-21-10-11/h7,11-13H,1-6,8-10H2,(H,17,20). The highest BCUT2D eigenvalue weighted by molar-refractivity contribution is 5.92. The molecule has 3 aliphatic rings. The largest absolute Gasteiger partial charge is 0.381 e. The number of likely N-dealkylation sites (tertiary alicyclic amines) is 1. The number of hydrogen-bond donors (Lipinski definition) is 1. The first kappa shape index (κ1) is 14.2. The van der Waals surface area contributed by atoms with E-state index < -0.39 is 0 Å². The van der Waals surface area contributed by atoms with Crippen molar-refractivity contribution in [2.75, 3.05) is 32.8 Å². The van der Waals surface area contributed by atoms with E-state index in [9.17, 15) is 4.79 Å². The fourth-order valence-electron chi connectivity index (χ4n) is 3.42. The first-order valence-corrected chi connectivity index (χ1v) is 8.35. The smallest absolute Gasteiger partial charge is 0.273 e. The van der Waals surface area contributed by atoms with Crippen LogP contribution < -0.4 is 5.32 Å². The number of nitrogens with zero attached hydrogens (tertiary/aromatic N) is 2. The lowest BCUT2D eigenvalue weighted by atomic mass is 10.1. The zero-order valence-electron chi connectivity index (χ0n) is 12.8. The van der Waals surface area contributed by atoms with E-state index in [-0.39, 0.29) is 11.9 Å². The fraction of sp³-hybridized carbons (Fsp3) is 0.750. The molecule has 2 atom stereocenters. The van der Waals surface area contributed by atoms with Crippen LogP contribution >= 0.6 is 0 Å². The van der Waals surface area contributed by atoms with Gasteiger partial charge in [0.05, 0.1) is 6.61 Å². The molecule has 1 aromatic rings. The van der Waals surface area contributed by atoms with E-state index in [0.717, 1.165) is 64.3 Å². The summed E-state index contributed by atoms with van der Waals surface area (Å²) in [5, 5.41) is 6.99. The minimum atomic E-state index is -0.105. The second-order valence-electron chi connectivity index (χ2n) is 6.84. The van der Waals surface area contributed by atoms with Crippen LogP contribution in [0.3, 0.4) is 0 Å². The van der Waals surface area contributed by atoms with Gasteiger partial charge in [-0.3, -0.25) is 4.79 Å². The Morgan fingerprint density at radius 2 is 2.27 bits per heavy atom. The lowest BCUT2D eigenvalue weighted by molar-refractivity contribution is 0.0927. The third-order valence-corrected chi connectivity index (χ3v) is 4.89. The third kappa shape index (κ3) is 3.17. The molecular formula is C16H23N3O3. The quantitative estimate of drug-likeness (QED) is 0.890. The number of aromatic nitrogens is 1. The third-order valence-electron chi connectivity index (χ3n) is 4.89. The number of amides is 1. The molecule has 1 saturated carbocycles. The van der Waals surface area contributed by atoms with Gasteiger partial charge in [0.1, 0.15) is 5.76 Å². The molecule has 1 N–H and O–H groups in total. The SMILES string of the molecule is O=C(NC1CCN(CC2CCOC2)C1)c1cc(C2CC2)on1. The highest BCUT2D eigenvalue weighted by Gasteiger charge is 2.30. The molecule has 1 amide bonds. The Morgan fingerprint density at radius 3 is 3.05 bits per heavy atom. The van der Waals surface area contributed by atoms with Crippen molar-refractivity contribution in [3.63, 3.8) is 0 Å². The van der Waals surface area contributed by atoms with Crippen molar-refractivity contribution in [3.05, 3.63) is 17.5 Å². The number of nitrogens with one attached hydrogen (secondary N) is 1. The van der Waals surface area contributed by atoms with Gasteiger partial charge in [-0.25, -0.2) is 0 Å². The normalized spacial score (nSPS) is 29.1. The molecule has 3 fully saturated rings. The summed E-state index contributed by atoms with van der Waals surface area (Å²) in [5.41, 5.74) is 0.421. The van der Waals surface area contributed by atoms with E-state index in [1.807, 2.05) is 0 Å². The van der Waals surface area contributed by atoms with E-state index in [1.165, 1.54) is 0 Å². The lowest BCUT2D eigenvalue weighted by Gasteiger charge is -2.19. The van der Waals surface area contributed by atoms with Crippen molar-refractivity contribution in [3.8, 4) is 0 Å². The number of rotatable bonds is 5. The Labute approximate surface area is 130 Å². The summed E-state index contributed by atoms with van der Waals surface area (Å²) in [6, 6.07) is 2.02. The zero-order valence-corrected chi connectivity index (χ0v) is 12.8. The van der Waals surface area contributed by atoms with Gasteiger partial charge in [-0.05, 0) is 31.6 Å². The van der Waals surface area contributed by atoms with E-state index in [4.69, 9.17) is 9.26 Å². The average molecular weight is 305 g/mol. The van der Waals surface area contributed by atoms with Gasteiger partial charge in [0.25, 0.3) is 5.91 Å². The minimum Gasteiger partial charge on any atom is -0.381 e. The monoisotopic (exact) mass is 305 g/mol. The molecule has 1 aromatic heterocycles. The van der Waals surface area contributed by atoms with Gasteiger partial charge in [0.2, 0.25) is 0 Å². The maximum absolute atomic E-state index is 12.2. The van der Waals surface area contributed by atoms with Crippen LogP contribution in [0.1, 0.15) is 47.8 Å². The van der Waals surface area contributed by atoms with Crippen molar-refractivity contribution in [2.24, 2.45) is 5.92 Å². The van der Waals surface area contributed by atoms with Gasteiger partial charge >= 0.3 is 0 Å². The van der Waals surface area contributed by atoms with Gasteiger partial charge in [0, 0.05) is 44.3 Å². The van der Waals surface area contributed by atoms with Crippen molar-refractivity contribution in [1.29, 1.82) is 0 Å². The first-order valence-electron chi connectivity index (χ1n) is 8.35. The summed E-state index contributed by atoms with van der Waals surface area (Å²) < 4.78 is 10.7. The number of carbonyl (C=O) groups is 1. The zero-order chi connectivity index (χ0) is 14.9. The second-order valence-corrected chi connectivity index (χ2v) is 6.84. The fourth-order valence-corrected chi connectivity index (χ4v) is 3.42. The van der Waals surface area contributed by atoms with Gasteiger partial charge in [-0.1, -0.05) is 5.16 Å². The summed E-state index contributed by atoms with van der Waals surface area (Å²) in [6.07, 6.45) is 4.47. The van der Waals surface area contributed by atoms with E-state index in [0.29, 0.717) is 17.5 Å². The van der Waals surface area contributed by atoms with Crippen LogP contribution in [0.15, 0.2) is 10.6 Å². The minimum absolute atomic E-state index is 0.105. The van der Waals surface area contributed by atoms with Gasteiger partial charge < -0.3 is 19.5 Å². The molecule has 0 bridgehead atoms. The molecule has 2 aliphatic heterocycles. The van der Waals surface area contributed by atoms with Crippen LogP contribution in [0.5, 0.6) is 0 Å². The van der Waals surface area contributed by atoms with Crippen LogP contribution in [0, 0.1) is 5.92 Å². The summed E-state index contributed by atoms with van der Waals surface area (Å²) in [7, 11) is 0. The van der Waals surface area contributed by atoms with Crippen molar-refractivity contribution < 1.29 is 14.1 Å². The Hall–Kier alpha value is -1.40. The predicted molar refractivity (Wildman–Crippen MR) is 79.7 cm³/mol.